The second kappa shape index (κ2) is 13.3. The van der Waals surface area contributed by atoms with E-state index < -0.39 is 17.9 Å². The van der Waals surface area contributed by atoms with Gasteiger partial charge in [0.2, 0.25) is 5.91 Å². The highest BCUT2D eigenvalue weighted by Gasteiger charge is 2.31. The zero-order valence-electron chi connectivity index (χ0n) is 24.6. The maximum Gasteiger partial charge on any atom is 0.357 e. The molecule has 0 spiro atoms. The van der Waals surface area contributed by atoms with Gasteiger partial charge in [-0.25, -0.2) is 14.8 Å². The molecule has 0 saturated carbocycles. The van der Waals surface area contributed by atoms with Crippen molar-refractivity contribution < 1.29 is 19.5 Å². The van der Waals surface area contributed by atoms with Crippen molar-refractivity contribution in [1.29, 1.82) is 0 Å². The van der Waals surface area contributed by atoms with Gasteiger partial charge in [0.05, 0.1) is 10.9 Å². The molecular formula is C34H32N6O4S. The minimum absolute atomic E-state index is 0.0793. The summed E-state index contributed by atoms with van der Waals surface area (Å²) in [4.78, 5) is 54.9. The molecule has 2 aromatic heterocycles. The number of piperazine rings is 1. The minimum atomic E-state index is -1.21. The number of rotatable bonds is 9. The molecule has 0 radical (unpaired) electrons. The van der Waals surface area contributed by atoms with E-state index in [1.807, 2.05) is 60.7 Å². The maximum atomic E-state index is 13.6. The summed E-state index contributed by atoms with van der Waals surface area (Å²) in [5, 5.41) is 13.4. The summed E-state index contributed by atoms with van der Waals surface area (Å²) >= 11 is 1.05. The van der Waals surface area contributed by atoms with E-state index in [2.05, 4.69) is 49.4 Å². The normalized spacial score (nSPS) is 14.4. The van der Waals surface area contributed by atoms with E-state index >= 15 is 0 Å². The van der Waals surface area contributed by atoms with Crippen molar-refractivity contribution in [3.63, 3.8) is 0 Å². The molecule has 1 aliphatic rings. The van der Waals surface area contributed by atoms with Crippen LogP contribution in [-0.2, 0) is 4.79 Å². The van der Waals surface area contributed by atoms with E-state index in [-0.39, 0.29) is 28.4 Å². The molecule has 11 heteroatoms. The lowest BCUT2D eigenvalue weighted by Crippen LogP contribution is -2.54. The van der Waals surface area contributed by atoms with Crippen LogP contribution in [0.1, 0.15) is 45.1 Å². The van der Waals surface area contributed by atoms with Crippen molar-refractivity contribution >= 4 is 40.4 Å². The number of carboxylic acid groups (broad SMARTS) is 1. The molecule has 1 saturated heterocycles. The lowest BCUT2D eigenvalue weighted by Gasteiger charge is -2.40. The number of amides is 2. The van der Waals surface area contributed by atoms with Gasteiger partial charge in [-0.05, 0) is 24.1 Å². The summed E-state index contributed by atoms with van der Waals surface area (Å²) < 4.78 is 0. The van der Waals surface area contributed by atoms with Crippen molar-refractivity contribution in [3.8, 4) is 0 Å². The molecule has 1 atom stereocenters. The van der Waals surface area contributed by atoms with Gasteiger partial charge < -0.3 is 20.3 Å². The Morgan fingerprint density at radius 3 is 2.09 bits per heavy atom. The van der Waals surface area contributed by atoms with E-state index in [0.29, 0.717) is 36.6 Å². The van der Waals surface area contributed by atoms with E-state index in [0.717, 1.165) is 17.1 Å². The third-order valence-electron chi connectivity index (χ3n) is 7.89. The quantitative estimate of drug-likeness (QED) is 0.213. The van der Waals surface area contributed by atoms with Crippen LogP contribution in [0.4, 0.5) is 0 Å². The molecule has 0 unspecified atom stereocenters. The largest absolute Gasteiger partial charge is 0.476 e. The van der Waals surface area contributed by atoms with Crippen molar-refractivity contribution in [3.05, 3.63) is 120 Å². The fourth-order valence-electron chi connectivity index (χ4n) is 5.72. The first-order chi connectivity index (χ1) is 21.9. The number of nitrogens with one attached hydrogen (secondary N) is 2. The molecule has 3 heterocycles. The van der Waals surface area contributed by atoms with E-state index in [4.69, 9.17) is 0 Å². The van der Waals surface area contributed by atoms with Crippen LogP contribution in [0.3, 0.4) is 0 Å². The van der Waals surface area contributed by atoms with Crippen molar-refractivity contribution in [1.82, 2.24) is 30.1 Å². The SMILES string of the molecule is C[C@@H](NC(=O)c1[nH]c2ccccc2c1Sc1nccnc1C(=O)O)C(=O)N1CCN(C(c2ccccc2)c2ccccc2)CC1. The summed E-state index contributed by atoms with van der Waals surface area (Å²) in [6.45, 7) is 4.13. The van der Waals surface area contributed by atoms with Crippen LogP contribution in [-0.4, -0.2) is 79.9 Å². The predicted molar refractivity (Wildman–Crippen MR) is 171 cm³/mol. The second-order valence-corrected chi connectivity index (χ2v) is 11.8. The summed E-state index contributed by atoms with van der Waals surface area (Å²) in [6.07, 6.45) is 2.72. The number of benzene rings is 3. The third kappa shape index (κ3) is 6.45. The van der Waals surface area contributed by atoms with Gasteiger partial charge in [0.15, 0.2) is 5.69 Å². The number of aromatic nitrogens is 3. The van der Waals surface area contributed by atoms with Gasteiger partial charge in [0.1, 0.15) is 16.8 Å². The van der Waals surface area contributed by atoms with E-state index in [9.17, 15) is 19.5 Å². The van der Waals surface area contributed by atoms with Crippen molar-refractivity contribution in [2.24, 2.45) is 0 Å². The molecule has 5 aromatic rings. The first kappa shape index (κ1) is 30.0. The smallest absolute Gasteiger partial charge is 0.357 e. The summed E-state index contributed by atoms with van der Waals surface area (Å²) in [5.41, 5.74) is 3.12. The van der Waals surface area contributed by atoms with Crippen LogP contribution in [0, 0.1) is 0 Å². The average molecular weight is 621 g/mol. The number of fused-ring (bicyclic) bond motifs is 1. The zero-order chi connectivity index (χ0) is 31.3. The molecule has 10 nitrogen and oxygen atoms in total. The fraction of sp³-hybridized carbons (Fsp3) is 0.206. The van der Waals surface area contributed by atoms with Crippen LogP contribution < -0.4 is 5.32 Å². The Kier molecular flexibility index (Phi) is 8.90. The summed E-state index contributed by atoms with van der Waals surface area (Å²) in [5.74, 6) is -1.84. The van der Waals surface area contributed by atoms with E-state index in [1.165, 1.54) is 23.5 Å². The number of carbonyl (C=O) groups excluding carboxylic acids is 2. The molecule has 3 N–H and O–H groups in total. The first-order valence-electron chi connectivity index (χ1n) is 14.7. The van der Waals surface area contributed by atoms with Gasteiger partial charge in [-0.15, -0.1) is 0 Å². The Balaban J connectivity index is 1.16. The molecule has 3 aromatic carbocycles. The van der Waals surface area contributed by atoms with Crippen LogP contribution >= 0.6 is 11.8 Å². The minimum Gasteiger partial charge on any atom is -0.476 e. The number of hydrogen-bond acceptors (Lipinski definition) is 7. The zero-order valence-corrected chi connectivity index (χ0v) is 25.4. The lowest BCUT2D eigenvalue weighted by atomic mass is 9.96. The molecule has 0 aliphatic carbocycles. The first-order valence-corrected chi connectivity index (χ1v) is 15.5. The molecule has 6 rings (SSSR count). The van der Waals surface area contributed by atoms with Crippen LogP contribution in [0.15, 0.2) is 107 Å². The average Bonchev–Trinajstić information content (AvgIpc) is 3.44. The number of carbonyl (C=O) groups is 3. The van der Waals surface area contributed by atoms with Gasteiger partial charge >= 0.3 is 5.97 Å². The third-order valence-corrected chi connectivity index (χ3v) is 9.01. The van der Waals surface area contributed by atoms with Gasteiger partial charge in [-0.3, -0.25) is 14.5 Å². The number of nitrogens with zero attached hydrogens (tertiary/aromatic N) is 4. The molecule has 45 heavy (non-hydrogen) atoms. The van der Waals surface area contributed by atoms with Crippen LogP contribution in [0.5, 0.6) is 0 Å². The van der Waals surface area contributed by atoms with Gasteiger partial charge in [-0.1, -0.05) is 90.6 Å². The standard InChI is InChI=1S/C34H32N6O4S/c1-22(33(42)40-20-18-39(19-21-40)29(23-10-4-2-5-11-23)24-12-6-3-7-13-24)37-31(41)27-30(25-14-8-9-15-26(25)38-27)45-32-28(34(43)44)35-16-17-36-32/h2-17,22,29,38H,18-21H2,1H3,(H,37,41)(H,43,44)/t22-/m1/s1. The Hall–Kier alpha value is -5.00. The molecule has 1 fully saturated rings. The van der Waals surface area contributed by atoms with E-state index in [1.54, 1.807) is 11.8 Å². The number of aromatic carboxylic acids is 1. The second-order valence-electron chi connectivity index (χ2n) is 10.8. The molecule has 0 bridgehead atoms. The van der Waals surface area contributed by atoms with Crippen LogP contribution in [0.25, 0.3) is 10.9 Å². The Morgan fingerprint density at radius 1 is 0.844 bits per heavy atom. The monoisotopic (exact) mass is 620 g/mol. The Morgan fingerprint density at radius 2 is 1.44 bits per heavy atom. The molecule has 1 aliphatic heterocycles. The highest BCUT2D eigenvalue weighted by atomic mass is 32.2. The fourth-order valence-corrected chi connectivity index (χ4v) is 6.79. The molecular weight excluding hydrogens is 588 g/mol. The van der Waals surface area contributed by atoms with Crippen LogP contribution in [0.2, 0.25) is 0 Å². The lowest BCUT2D eigenvalue weighted by molar-refractivity contribution is -0.134. The predicted octanol–water partition coefficient (Wildman–Crippen LogP) is 4.86. The topological polar surface area (TPSA) is 132 Å². The highest BCUT2D eigenvalue weighted by molar-refractivity contribution is 7.99. The summed E-state index contributed by atoms with van der Waals surface area (Å²) in [6, 6.07) is 27.4. The number of carboxylic acids is 1. The van der Waals surface area contributed by atoms with Crippen molar-refractivity contribution in [2.75, 3.05) is 26.2 Å². The Labute approximate surface area is 264 Å². The van der Waals surface area contributed by atoms with Gasteiger partial charge in [0, 0.05) is 49.5 Å². The van der Waals surface area contributed by atoms with Gasteiger partial charge in [0.25, 0.3) is 5.91 Å². The highest BCUT2D eigenvalue weighted by Crippen LogP contribution is 2.37. The molecule has 228 valence electrons. The summed E-state index contributed by atoms with van der Waals surface area (Å²) in [7, 11) is 0. The Bertz CT molecular complexity index is 1780. The number of H-pyrrole nitrogens is 1. The number of hydrogen-bond donors (Lipinski definition) is 3. The molecule has 2 amide bonds. The van der Waals surface area contributed by atoms with Crippen molar-refractivity contribution in [2.45, 2.75) is 28.9 Å². The number of aromatic amines is 1. The van der Waals surface area contributed by atoms with Gasteiger partial charge in [-0.2, -0.15) is 0 Å². The number of para-hydroxylation sites is 1. The maximum absolute atomic E-state index is 13.6.